The summed E-state index contributed by atoms with van der Waals surface area (Å²) in [5, 5.41) is 10.2. The highest BCUT2D eigenvalue weighted by Gasteiger charge is 2.30. The molecule has 20 heavy (non-hydrogen) atoms. The maximum absolute atomic E-state index is 12.5. The molecule has 1 aromatic carbocycles. The van der Waals surface area contributed by atoms with Gasteiger partial charge in [0.1, 0.15) is 6.10 Å². The molecule has 2 nitrogen and oxygen atoms in total. The lowest BCUT2D eigenvalue weighted by atomic mass is 10.0. The Morgan fingerprint density at radius 3 is 2.20 bits per heavy atom. The van der Waals surface area contributed by atoms with Crippen molar-refractivity contribution in [3.8, 4) is 0 Å². The van der Waals surface area contributed by atoms with Crippen molar-refractivity contribution < 1.29 is 18.3 Å². The second-order valence-corrected chi connectivity index (χ2v) is 5.81. The van der Waals surface area contributed by atoms with Gasteiger partial charge >= 0.3 is 6.18 Å². The number of alkyl halides is 3. The fourth-order valence-corrected chi connectivity index (χ4v) is 2.84. The number of aliphatic hydroxyl groups is 1. The molecule has 1 atom stereocenters. The zero-order chi connectivity index (χ0) is 14.9. The van der Waals surface area contributed by atoms with E-state index in [1.54, 1.807) is 6.07 Å². The van der Waals surface area contributed by atoms with E-state index in [2.05, 4.69) is 36.8 Å². The van der Waals surface area contributed by atoms with Crippen molar-refractivity contribution in [2.75, 3.05) is 0 Å². The summed E-state index contributed by atoms with van der Waals surface area (Å²) in [4.78, 5) is 4.06. The molecule has 0 saturated heterocycles. The van der Waals surface area contributed by atoms with Gasteiger partial charge in [-0.3, -0.25) is 4.98 Å². The summed E-state index contributed by atoms with van der Waals surface area (Å²) >= 11 is 6.49. The van der Waals surface area contributed by atoms with E-state index < -0.39 is 17.8 Å². The maximum Gasteiger partial charge on any atom is 0.416 e. The smallest absolute Gasteiger partial charge is 0.382 e. The average molecular weight is 411 g/mol. The normalized spacial score (nSPS) is 13.3. The third-order valence-corrected chi connectivity index (χ3v) is 3.72. The molecule has 0 aliphatic rings. The van der Waals surface area contributed by atoms with E-state index in [-0.39, 0.29) is 0 Å². The predicted molar refractivity (Wildman–Crippen MR) is 75.1 cm³/mol. The van der Waals surface area contributed by atoms with E-state index in [0.717, 1.165) is 16.6 Å². The van der Waals surface area contributed by atoms with Crippen molar-refractivity contribution in [3.05, 3.63) is 62.3 Å². The van der Waals surface area contributed by atoms with Gasteiger partial charge < -0.3 is 5.11 Å². The van der Waals surface area contributed by atoms with Gasteiger partial charge in [0.15, 0.2) is 0 Å². The quantitative estimate of drug-likeness (QED) is 0.777. The van der Waals surface area contributed by atoms with Gasteiger partial charge in [-0.05, 0) is 55.6 Å². The minimum Gasteiger partial charge on any atom is -0.382 e. The summed E-state index contributed by atoms with van der Waals surface area (Å²) < 4.78 is 38.7. The molecule has 2 aromatic rings. The van der Waals surface area contributed by atoms with Crippen LogP contribution in [0.25, 0.3) is 0 Å². The van der Waals surface area contributed by atoms with Crippen LogP contribution in [0.15, 0.2) is 45.5 Å². The largest absolute Gasteiger partial charge is 0.416 e. The van der Waals surface area contributed by atoms with E-state index in [4.69, 9.17) is 0 Å². The van der Waals surface area contributed by atoms with Crippen LogP contribution in [0, 0.1) is 0 Å². The third-order valence-electron chi connectivity index (χ3n) is 2.65. The number of hydrogen-bond donors (Lipinski definition) is 1. The Morgan fingerprint density at radius 2 is 1.70 bits per heavy atom. The maximum atomic E-state index is 12.5. The van der Waals surface area contributed by atoms with Crippen LogP contribution in [-0.2, 0) is 6.18 Å². The van der Waals surface area contributed by atoms with Crippen molar-refractivity contribution in [1.82, 2.24) is 4.98 Å². The third kappa shape index (κ3) is 3.39. The van der Waals surface area contributed by atoms with Crippen LogP contribution in [0.4, 0.5) is 13.2 Å². The van der Waals surface area contributed by atoms with E-state index >= 15 is 0 Å². The van der Waals surface area contributed by atoms with Crippen LogP contribution in [0.1, 0.15) is 22.9 Å². The Kier molecular flexibility index (Phi) is 4.51. The lowest BCUT2D eigenvalue weighted by Gasteiger charge is -2.13. The molecule has 2 rings (SSSR count). The van der Waals surface area contributed by atoms with Crippen molar-refractivity contribution in [2.24, 2.45) is 0 Å². The molecule has 1 N–H and O–H groups in total. The van der Waals surface area contributed by atoms with Crippen molar-refractivity contribution in [2.45, 2.75) is 12.3 Å². The highest BCUT2D eigenvalue weighted by atomic mass is 79.9. The molecule has 0 aliphatic carbocycles. The first kappa shape index (κ1) is 15.5. The Balaban J connectivity index is 2.31. The summed E-state index contributed by atoms with van der Waals surface area (Å²) in [5.41, 5.74) is -0.0715. The van der Waals surface area contributed by atoms with Crippen LogP contribution in [0.3, 0.4) is 0 Å². The highest BCUT2D eigenvalue weighted by molar-refractivity contribution is 9.11. The zero-order valence-electron chi connectivity index (χ0n) is 9.83. The first-order valence-electron chi connectivity index (χ1n) is 5.45. The lowest BCUT2D eigenvalue weighted by Crippen LogP contribution is -2.07. The zero-order valence-corrected chi connectivity index (χ0v) is 13.0. The summed E-state index contributed by atoms with van der Waals surface area (Å²) in [6.07, 6.45) is -3.98. The SMILES string of the molecule is OC(c1ccc(C(F)(F)F)cc1)c1ncc(Br)cc1Br. The van der Waals surface area contributed by atoms with Crippen molar-refractivity contribution >= 4 is 31.9 Å². The molecule has 0 spiro atoms. The van der Waals surface area contributed by atoms with Gasteiger partial charge in [0.25, 0.3) is 0 Å². The number of nitrogens with zero attached hydrogens (tertiary/aromatic N) is 1. The minimum absolute atomic E-state index is 0.341. The molecule has 0 fully saturated rings. The Hall–Kier alpha value is -0.920. The molecular weight excluding hydrogens is 403 g/mol. The predicted octanol–water partition coefficient (Wildman–Crippen LogP) is 4.71. The van der Waals surface area contributed by atoms with Crippen molar-refractivity contribution in [3.63, 3.8) is 0 Å². The summed E-state index contributed by atoms with van der Waals surface area (Å²) in [7, 11) is 0. The summed E-state index contributed by atoms with van der Waals surface area (Å²) in [5.74, 6) is 0. The Labute approximate surface area is 129 Å². The molecule has 0 bridgehead atoms. The number of aliphatic hydroxyl groups excluding tert-OH is 1. The highest BCUT2D eigenvalue weighted by Crippen LogP contribution is 2.32. The van der Waals surface area contributed by atoms with Gasteiger partial charge in [0.05, 0.1) is 11.3 Å². The van der Waals surface area contributed by atoms with E-state index in [1.807, 2.05) is 0 Å². The molecule has 0 amide bonds. The topological polar surface area (TPSA) is 33.1 Å². The number of hydrogen-bond acceptors (Lipinski definition) is 2. The number of benzene rings is 1. The van der Waals surface area contributed by atoms with Crippen LogP contribution >= 0.6 is 31.9 Å². The first-order chi connectivity index (χ1) is 9.29. The first-order valence-corrected chi connectivity index (χ1v) is 7.04. The number of halogens is 5. The molecule has 0 radical (unpaired) electrons. The van der Waals surface area contributed by atoms with E-state index in [9.17, 15) is 18.3 Å². The molecular formula is C13H8Br2F3NO. The van der Waals surface area contributed by atoms with E-state index in [1.165, 1.54) is 18.3 Å². The Bertz CT molecular complexity index is 614. The fourth-order valence-electron chi connectivity index (χ4n) is 1.64. The minimum atomic E-state index is -4.39. The molecule has 7 heteroatoms. The van der Waals surface area contributed by atoms with Crippen LogP contribution < -0.4 is 0 Å². The van der Waals surface area contributed by atoms with Gasteiger partial charge in [-0.1, -0.05) is 12.1 Å². The second kappa shape index (κ2) is 5.83. The summed E-state index contributed by atoms with van der Waals surface area (Å²) in [6, 6.07) is 6.06. The van der Waals surface area contributed by atoms with Crippen LogP contribution in [0.2, 0.25) is 0 Å². The van der Waals surface area contributed by atoms with Gasteiger partial charge in [0.2, 0.25) is 0 Å². The summed E-state index contributed by atoms with van der Waals surface area (Å²) in [6.45, 7) is 0. The monoisotopic (exact) mass is 409 g/mol. The van der Waals surface area contributed by atoms with Gasteiger partial charge in [0, 0.05) is 15.1 Å². The van der Waals surface area contributed by atoms with Gasteiger partial charge in [-0.15, -0.1) is 0 Å². The van der Waals surface area contributed by atoms with Crippen LogP contribution in [-0.4, -0.2) is 10.1 Å². The van der Waals surface area contributed by atoms with Gasteiger partial charge in [-0.2, -0.15) is 13.2 Å². The fraction of sp³-hybridized carbons (Fsp3) is 0.154. The number of aromatic nitrogens is 1. The molecule has 1 aromatic heterocycles. The number of rotatable bonds is 2. The van der Waals surface area contributed by atoms with Gasteiger partial charge in [-0.25, -0.2) is 0 Å². The van der Waals surface area contributed by atoms with Crippen molar-refractivity contribution in [1.29, 1.82) is 0 Å². The molecule has 0 saturated carbocycles. The Morgan fingerprint density at radius 1 is 1.10 bits per heavy atom. The molecule has 1 unspecified atom stereocenters. The number of pyridine rings is 1. The van der Waals surface area contributed by atoms with E-state index in [0.29, 0.717) is 15.7 Å². The lowest BCUT2D eigenvalue weighted by molar-refractivity contribution is -0.137. The molecule has 1 heterocycles. The molecule has 0 aliphatic heterocycles. The van der Waals surface area contributed by atoms with Crippen LogP contribution in [0.5, 0.6) is 0 Å². The standard InChI is InChI=1S/C13H8Br2F3NO/c14-9-5-10(15)11(19-6-9)12(20)7-1-3-8(4-2-7)13(16,17)18/h1-6,12,20H. The second-order valence-electron chi connectivity index (χ2n) is 4.04. The average Bonchev–Trinajstić information content (AvgIpc) is 2.37. The molecule has 106 valence electrons.